The maximum absolute atomic E-state index is 12.1. The number of thiophene rings is 1. The van der Waals surface area contributed by atoms with Crippen LogP contribution in [0.3, 0.4) is 0 Å². The summed E-state index contributed by atoms with van der Waals surface area (Å²) < 4.78 is 5.91. The molecule has 6 nitrogen and oxygen atoms in total. The Morgan fingerprint density at radius 3 is 2.52 bits per heavy atom. The number of benzene rings is 1. The smallest absolute Gasteiger partial charge is 0.325 e. The maximum atomic E-state index is 12.1. The van der Waals surface area contributed by atoms with Crippen LogP contribution in [0, 0.1) is 0 Å². The zero-order valence-electron chi connectivity index (χ0n) is 13.5. The number of esters is 1. The number of amides is 2. The molecule has 132 valence electrons. The molecule has 2 amide bonds. The van der Waals surface area contributed by atoms with Crippen molar-refractivity contribution in [3.8, 4) is 0 Å². The van der Waals surface area contributed by atoms with Crippen LogP contribution in [0.5, 0.6) is 0 Å². The summed E-state index contributed by atoms with van der Waals surface area (Å²) in [5.74, 6) is -1.21. The lowest BCUT2D eigenvalue weighted by Crippen LogP contribution is -2.40. The average Bonchev–Trinajstić information content (AvgIpc) is 3.04. The molecular weight excluding hydrogens is 408 g/mol. The molecule has 1 heterocycles. The molecule has 0 bridgehead atoms. The highest BCUT2D eigenvalue weighted by Gasteiger charge is 2.17. The van der Waals surface area contributed by atoms with Crippen molar-refractivity contribution in [2.45, 2.75) is 6.61 Å². The van der Waals surface area contributed by atoms with Crippen LogP contribution >= 0.6 is 27.3 Å². The fraction of sp³-hybridized carbons (Fsp3) is 0.235. The molecule has 0 spiro atoms. The van der Waals surface area contributed by atoms with Crippen LogP contribution < -0.4 is 5.32 Å². The van der Waals surface area contributed by atoms with E-state index in [9.17, 15) is 14.4 Å². The molecule has 2 aromatic rings. The maximum Gasteiger partial charge on any atom is 0.325 e. The third-order valence-electron chi connectivity index (χ3n) is 3.18. The lowest BCUT2D eigenvalue weighted by atomic mass is 10.2. The van der Waals surface area contributed by atoms with Crippen LogP contribution in [0.25, 0.3) is 0 Å². The van der Waals surface area contributed by atoms with E-state index in [0.717, 1.165) is 9.35 Å². The molecule has 0 saturated heterocycles. The first-order valence-electron chi connectivity index (χ1n) is 7.43. The van der Waals surface area contributed by atoms with Gasteiger partial charge >= 0.3 is 5.97 Å². The number of carbonyl (C=O) groups is 3. The van der Waals surface area contributed by atoms with Crippen molar-refractivity contribution >= 4 is 45.1 Å². The summed E-state index contributed by atoms with van der Waals surface area (Å²) in [5, 5.41) is 2.45. The van der Waals surface area contributed by atoms with Gasteiger partial charge in [-0.2, -0.15) is 0 Å². The molecule has 0 saturated carbocycles. The number of halogens is 1. The van der Waals surface area contributed by atoms with E-state index < -0.39 is 11.9 Å². The first kappa shape index (κ1) is 19.1. The minimum absolute atomic E-state index is 0.139. The molecule has 25 heavy (non-hydrogen) atoms. The van der Waals surface area contributed by atoms with Crippen molar-refractivity contribution in [2.24, 2.45) is 0 Å². The van der Waals surface area contributed by atoms with E-state index in [1.165, 1.54) is 23.3 Å². The number of ether oxygens (including phenoxy) is 1. The number of likely N-dealkylation sites (N-methyl/N-ethyl adjacent to an activating group) is 1. The van der Waals surface area contributed by atoms with E-state index in [2.05, 4.69) is 21.2 Å². The Labute approximate surface area is 157 Å². The summed E-state index contributed by atoms with van der Waals surface area (Å²) in [4.78, 5) is 37.5. The molecule has 0 aliphatic carbocycles. The van der Waals surface area contributed by atoms with Gasteiger partial charge in [-0.25, -0.2) is 0 Å². The molecule has 0 radical (unpaired) electrons. The SMILES string of the molecule is CN(CC(=O)NCC(=O)OCc1ccccc1)C(=O)c1ccc(Br)s1. The largest absolute Gasteiger partial charge is 0.460 e. The minimum Gasteiger partial charge on any atom is -0.460 e. The Balaban J connectivity index is 1.70. The van der Waals surface area contributed by atoms with Crippen molar-refractivity contribution in [2.75, 3.05) is 20.1 Å². The molecule has 0 atom stereocenters. The van der Waals surface area contributed by atoms with Crippen molar-refractivity contribution in [1.29, 1.82) is 0 Å². The third kappa shape index (κ3) is 6.32. The van der Waals surface area contributed by atoms with E-state index in [-0.39, 0.29) is 25.6 Å². The molecule has 1 aromatic carbocycles. The summed E-state index contributed by atoms with van der Waals surface area (Å²) in [6.07, 6.45) is 0. The van der Waals surface area contributed by atoms with Gasteiger partial charge in [0, 0.05) is 7.05 Å². The van der Waals surface area contributed by atoms with E-state index in [4.69, 9.17) is 4.74 Å². The highest BCUT2D eigenvalue weighted by molar-refractivity contribution is 9.11. The second kappa shape index (κ2) is 9.33. The highest BCUT2D eigenvalue weighted by Crippen LogP contribution is 2.22. The minimum atomic E-state index is -0.534. The first-order chi connectivity index (χ1) is 12.0. The van der Waals surface area contributed by atoms with Gasteiger partial charge in [-0.1, -0.05) is 30.3 Å². The van der Waals surface area contributed by atoms with Gasteiger partial charge in [0.1, 0.15) is 13.2 Å². The second-order valence-corrected chi connectivity index (χ2v) is 7.65. The predicted octanol–water partition coefficient (Wildman–Crippen LogP) is 2.44. The summed E-state index contributed by atoms with van der Waals surface area (Å²) in [6, 6.07) is 12.7. The van der Waals surface area contributed by atoms with E-state index in [1.54, 1.807) is 12.1 Å². The van der Waals surface area contributed by atoms with Crippen LogP contribution in [-0.4, -0.2) is 42.8 Å². The van der Waals surface area contributed by atoms with Gasteiger partial charge < -0.3 is 15.0 Å². The van der Waals surface area contributed by atoms with Crippen molar-refractivity contribution in [1.82, 2.24) is 10.2 Å². The lowest BCUT2D eigenvalue weighted by Gasteiger charge is -2.15. The number of nitrogens with zero attached hydrogens (tertiary/aromatic N) is 1. The Kier molecular flexibility index (Phi) is 7.15. The highest BCUT2D eigenvalue weighted by atomic mass is 79.9. The molecule has 0 unspecified atom stereocenters. The van der Waals surface area contributed by atoms with Gasteiger partial charge in [-0.15, -0.1) is 11.3 Å². The molecule has 0 aliphatic rings. The molecule has 2 rings (SSSR count). The number of nitrogens with one attached hydrogen (secondary N) is 1. The standard InChI is InChI=1S/C17H17BrN2O4S/c1-20(17(23)13-7-8-14(18)25-13)10-15(21)19-9-16(22)24-11-12-5-3-2-4-6-12/h2-8H,9-11H2,1H3,(H,19,21). The topological polar surface area (TPSA) is 75.7 Å². The van der Waals surface area contributed by atoms with Crippen LogP contribution in [-0.2, 0) is 20.9 Å². The Morgan fingerprint density at radius 1 is 1.16 bits per heavy atom. The Bertz CT molecular complexity index is 748. The molecular formula is C17H17BrN2O4S. The lowest BCUT2D eigenvalue weighted by molar-refractivity contribution is -0.145. The fourth-order valence-electron chi connectivity index (χ4n) is 1.92. The van der Waals surface area contributed by atoms with E-state index in [1.807, 2.05) is 30.3 Å². The van der Waals surface area contributed by atoms with Gasteiger partial charge in [-0.05, 0) is 33.6 Å². The molecule has 0 aliphatic heterocycles. The van der Waals surface area contributed by atoms with Gasteiger partial charge in [0.25, 0.3) is 5.91 Å². The summed E-state index contributed by atoms with van der Waals surface area (Å²) in [7, 11) is 1.53. The quantitative estimate of drug-likeness (QED) is 0.692. The average molecular weight is 425 g/mol. The number of hydrogen-bond acceptors (Lipinski definition) is 5. The van der Waals surface area contributed by atoms with E-state index >= 15 is 0 Å². The van der Waals surface area contributed by atoms with E-state index in [0.29, 0.717) is 4.88 Å². The molecule has 0 fully saturated rings. The molecule has 1 aromatic heterocycles. The fourth-order valence-corrected chi connectivity index (χ4v) is 3.30. The molecule has 8 heteroatoms. The van der Waals surface area contributed by atoms with Gasteiger partial charge in [0.2, 0.25) is 5.91 Å². The summed E-state index contributed by atoms with van der Waals surface area (Å²) in [6.45, 7) is -0.222. The zero-order chi connectivity index (χ0) is 18.2. The van der Waals surface area contributed by atoms with Crippen molar-refractivity contribution in [3.05, 3.63) is 56.7 Å². The van der Waals surface area contributed by atoms with Crippen LogP contribution in [0.2, 0.25) is 0 Å². The third-order valence-corrected chi connectivity index (χ3v) is 4.80. The number of carbonyl (C=O) groups excluding carboxylic acids is 3. The van der Waals surface area contributed by atoms with Crippen molar-refractivity contribution in [3.63, 3.8) is 0 Å². The first-order valence-corrected chi connectivity index (χ1v) is 9.03. The van der Waals surface area contributed by atoms with Crippen LogP contribution in [0.15, 0.2) is 46.3 Å². The normalized spacial score (nSPS) is 10.2. The van der Waals surface area contributed by atoms with Crippen molar-refractivity contribution < 1.29 is 19.1 Å². The number of hydrogen-bond donors (Lipinski definition) is 1. The zero-order valence-corrected chi connectivity index (χ0v) is 15.9. The van der Waals surface area contributed by atoms with Crippen LogP contribution in [0.1, 0.15) is 15.2 Å². The van der Waals surface area contributed by atoms with Gasteiger partial charge in [-0.3, -0.25) is 14.4 Å². The monoisotopic (exact) mass is 424 g/mol. The number of rotatable bonds is 7. The Morgan fingerprint density at radius 2 is 1.88 bits per heavy atom. The summed E-state index contributed by atoms with van der Waals surface area (Å²) in [5.41, 5.74) is 0.870. The van der Waals surface area contributed by atoms with Gasteiger partial charge in [0.15, 0.2) is 0 Å². The Hall–Kier alpha value is -2.19. The van der Waals surface area contributed by atoms with Gasteiger partial charge in [0.05, 0.1) is 15.2 Å². The van der Waals surface area contributed by atoms with Crippen LogP contribution in [0.4, 0.5) is 0 Å². The molecule has 1 N–H and O–H groups in total. The second-order valence-electron chi connectivity index (χ2n) is 5.19. The predicted molar refractivity (Wildman–Crippen MR) is 98.2 cm³/mol. The summed E-state index contributed by atoms with van der Waals surface area (Å²) >= 11 is 4.58.